The second-order valence-corrected chi connectivity index (χ2v) is 6.02. The van der Waals surface area contributed by atoms with Crippen molar-refractivity contribution in [2.75, 3.05) is 14.2 Å². The van der Waals surface area contributed by atoms with Crippen LogP contribution in [0.1, 0.15) is 22.7 Å². The lowest BCUT2D eigenvalue weighted by molar-refractivity contribution is 0.404. The van der Waals surface area contributed by atoms with Crippen LogP contribution in [0.4, 0.5) is 4.39 Å². The van der Waals surface area contributed by atoms with E-state index in [0.717, 1.165) is 11.1 Å². The van der Waals surface area contributed by atoms with Crippen LogP contribution in [0.5, 0.6) is 5.75 Å². The zero-order chi connectivity index (χ0) is 15.6. The van der Waals surface area contributed by atoms with E-state index in [9.17, 15) is 4.39 Å². The third kappa shape index (κ3) is 3.39. The van der Waals surface area contributed by atoms with E-state index in [1.54, 1.807) is 20.2 Å². The average Bonchev–Trinajstić information content (AvgIpc) is 2.45. The van der Waals surface area contributed by atoms with Gasteiger partial charge in [-0.1, -0.05) is 29.3 Å². The normalized spacial score (nSPS) is 12.3. The lowest BCUT2D eigenvalue weighted by Gasteiger charge is -2.21. The molecule has 1 atom stereocenters. The fourth-order valence-electron chi connectivity index (χ4n) is 2.32. The summed E-state index contributed by atoms with van der Waals surface area (Å²) in [6.45, 7) is 1.99. The molecule has 0 aliphatic heterocycles. The zero-order valence-electron chi connectivity index (χ0n) is 12.0. The Kier molecular flexibility index (Phi) is 5.25. The quantitative estimate of drug-likeness (QED) is 0.773. The van der Waals surface area contributed by atoms with E-state index in [4.69, 9.17) is 16.3 Å². The molecule has 0 radical (unpaired) electrons. The Hall–Kier alpha value is -1.10. The Morgan fingerprint density at radius 2 is 1.95 bits per heavy atom. The topological polar surface area (TPSA) is 21.3 Å². The Balaban J connectivity index is 2.59. The summed E-state index contributed by atoms with van der Waals surface area (Å²) in [6, 6.07) is 8.49. The molecule has 0 aliphatic carbocycles. The molecular formula is C16H16BrClFNO. The number of aryl methyl sites for hydroxylation is 1. The van der Waals surface area contributed by atoms with Gasteiger partial charge in [0, 0.05) is 15.6 Å². The van der Waals surface area contributed by atoms with Crippen molar-refractivity contribution < 1.29 is 9.13 Å². The van der Waals surface area contributed by atoms with Crippen molar-refractivity contribution in [3.63, 3.8) is 0 Å². The van der Waals surface area contributed by atoms with Gasteiger partial charge in [-0.25, -0.2) is 4.39 Å². The van der Waals surface area contributed by atoms with Gasteiger partial charge in [-0.15, -0.1) is 0 Å². The lowest BCUT2D eigenvalue weighted by Crippen LogP contribution is -2.20. The number of benzene rings is 2. The SMILES string of the molecule is CNC(c1cc(Cl)c(Br)cc1F)c1cc(C)ccc1OC. The summed E-state index contributed by atoms with van der Waals surface area (Å²) < 4.78 is 20.3. The molecule has 1 N–H and O–H groups in total. The summed E-state index contributed by atoms with van der Waals surface area (Å²) in [7, 11) is 3.38. The summed E-state index contributed by atoms with van der Waals surface area (Å²) in [5.74, 6) is 0.382. The molecule has 1 unspecified atom stereocenters. The Morgan fingerprint density at radius 1 is 1.24 bits per heavy atom. The number of rotatable bonds is 4. The van der Waals surface area contributed by atoms with Gasteiger partial charge < -0.3 is 10.1 Å². The molecule has 112 valence electrons. The van der Waals surface area contributed by atoms with Crippen molar-refractivity contribution in [3.05, 3.63) is 62.3 Å². The highest BCUT2D eigenvalue weighted by Crippen LogP contribution is 2.35. The van der Waals surface area contributed by atoms with Crippen molar-refractivity contribution in [3.8, 4) is 5.75 Å². The van der Waals surface area contributed by atoms with Gasteiger partial charge in [0.25, 0.3) is 0 Å². The van der Waals surface area contributed by atoms with Gasteiger partial charge in [0.05, 0.1) is 18.2 Å². The molecule has 0 amide bonds. The van der Waals surface area contributed by atoms with Gasteiger partial charge in [-0.05, 0) is 48.1 Å². The molecular weight excluding hydrogens is 357 g/mol. The van der Waals surface area contributed by atoms with Crippen LogP contribution in [-0.2, 0) is 0 Å². The minimum absolute atomic E-state index is 0.325. The third-order valence-electron chi connectivity index (χ3n) is 3.34. The summed E-state index contributed by atoms with van der Waals surface area (Å²) in [5, 5.41) is 3.60. The number of hydrogen-bond acceptors (Lipinski definition) is 2. The Morgan fingerprint density at radius 3 is 2.57 bits per heavy atom. The third-order valence-corrected chi connectivity index (χ3v) is 4.53. The second-order valence-electron chi connectivity index (χ2n) is 4.75. The van der Waals surface area contributed by atoms with Crippen molar-refractivity contribution in [1.82, 2.24) is 5.32 Å². The van der Waals surface area contributed by atoms with Crippen LogP contribution in [0.15, 0.2) is 34.8 Å². The molecule has 0 bridgehead atoms. The van der Waals surface area contributed by atoms with Crippen LogP contribution < -0.4 is 10.1 Å². The molecule has 0 heterocycles. The first-order valence-corrected chi connectivity index (χ1v) is 7.61. The summed E-state index contributed by atoms with van der Waals surface area (Å²) in [6.07, 6.45) is 0. The van der Waals surface area contributed by atoms with Gasteiger partial charge in [0.1, 0.15) is 11.6 Å². The highest BCUT2D eigenvalue weighted by atomic mass is 79.9. The van der Waals surface area contributed by atoms with Gasteiger partial charge in [-0.2, -0.15) is 0 Å². The fraction of sp³-hybridized carbons (Fsp3) is 0.250. The van der Waals surface area contributed by atoms with Gasteiger partial charge in [0.2, 0.25) is 0 Å². The standard InChI is InChI=1S/C16H16BrClFNO/c1-9-4-5-15(21-3)11(6-9)16(20-2)10-7-13(18)12(17)8-14(10)19/h4-8,16,20H,1-3H3. The lowest BCUT2D eigenvalue weighted by atomic mass is 9.96. The molecule has 2 aromatic rings. The summed E-state index contributed by atoms with van der Waals surface area (Å²) in [4.78, 5) is 0. The van der Waals surface area contributed by atoms with Gasteiger partial charge in [-0.3, -0.25) is 0 Å². The number of ether oxygens (including phenoxy) is 1. The maximum atomic E-state index is 14.3. The van der Waals surface area contributed by atoms with Gasteiger partial charge >= 0.3 is 0 Å². The van der Waals surface area contributed by atoms with Crippen molar-refractivity contribution in [1.29, 1.82) is 0 Å². The molecule has 21 heavy (non-hydrogen) atoms. The number of methoxy groups -OCH3 is 1. The van der Waals surface area contributed by atoms with Crippen LogP contribution in [0.2, 0.25) is 5.02 Å². The Labute approximate surface area is 137 Å². The average molecular weight is 373 g/mol. The van der Waals surface area contributed by atoms with E-state index in [2.05, 4.69) is 21.2 Å². The first kappa shape index (κ1) is 16.3. The van der Waals surface area contributed by atoms with Crippen molar-refractivity contribution in [2.24, 2.45) is 0 Å². The van der Waals surface area contributed by atoms with E-state index in [-0.39, 0.29) is 11.9 Å². The van der Waals surface area contributed by atoms with E-state index in [0.29, 0.717) is 20.8 Å². The molecule has 2 nitrogen and oxygen atoms in total. The van der Waals surface area contributed by atoms with E-state index in [1.807, 2.05) is 25.1 Å². The second kappa shape index (κ2) is 6.77. The molecule has 0 saturated heterocycles. The van der Waals surface area contributed by atoms with E-state index in [1.165, 1.54) is 6.07 Å². The molecule has 0 spiro atoms. The van der Waals surface area contributed by atoms with Gasteiger partial charge in [0.15, 0.2) is 0 Å². The molecule has 0 fully saturated rings. The highest BCUT2D eigenvalue weighted by Gasteiger charge is 2.21. The predicted molar refractivity (Wildman–Crippen MR) is 87.7 cm³/mol. The molecule has 2 rings (SSSR count). The van der Waals surface area contributed by atoms with Crippen LogP contribution in [0, 0.1) is 12.7 Å². The van der Waals surface area contributed by atoms with Crippen LogP contribution >= 0.6 is 27.5 Å². The first-order chi connectivity index (χ1) is 9.97. The zero-order valence-corrected chi connectivity index (χ0v) is 14.3. The van der Waals surface area contributed by atoms with Crippen molar-refractivity contribution >= 4 is 27.5 Å². The highest BCUT2D eigenvalue weighted by molar-refractivity contribution is 9.10. The largest absolute Gasteiger partial charge is 0.496 e. The molecule has 5 heteroatoms. The number of hydrogen-bond donors (Lipinski definition) is 1. The minimum Gasteiger partial charge on any atom is -0.496 e. The van der Waals surface area contributed by atoms with E-state index < -0.39 is 0 Å². The predicted octanol–water partition coefficient (Wildman–Crippen LogP) is 4.87. The molecule has 2 aromatic carbocycles. The monoisotopic (exact) mass is 371 g/mol. The first-order valence-electron chi connectivity index (χ1n) is 6.44. The molecule has 0 aliphatic rings. The van der Waals surface area contributed by atoms with Crippen LogP contribution in [0.25, 0.3) is 0 Å². The van der Waals surface area contributed by atoms with Crippen molar-refractivity contribution in [2.45, 2.75) is 13.0 Å². The fourth-order valence-corrected chi connectivity index (χ4v) is 2.80. The molecule has 0 aromatic heterocycles. The van der Waals surface area contributed by atoms with Crippen LogP contribution in [0.3, 0.4) is 0 Å². The maximum absolute atomic E-state index is 14.3. The smallest absolute Gasteiger partial charge is 0.129 e. The number of halogens is 3. The van der Waals surface area contributed by atoms with E-state index >= 15 is 0 Å². The number of nitrogens with one attached hydrogen (secondary N) is 1. The van der Waals surface area contributed by atoms with Crippen LogP contribution in [-0.4, -0.2) is 14.2 Å². The Bertz CT molecular complexity index is 663. The maximum Gasteiger partial charge on any atom is 0.129 e. The minimum atomic E-state index is -0.342. The summed E-state index contributed by atoms with van der Waals surface area (Å²) in [5.41, 5.74) is 2.43. The molecule has 0 saturated carbocycles. The summed E-state index contributed by atoms with van der Waals surface area (Å²) >= 11 is 9.34.